The minimum atomic E-state index is 0.175. The van der Waals surface area contributed by atoms with Crippen molar-refractivity contribution in [2.75, 3.05) is 6.61 Å². The van der Waals surface area contributed by atoms with Gasteiger partial charge in [-0.25, -0.2) is 4.98 Å². The zero-order chi connectivity index (χ0) is 20.0. The van der Waals surface area contributed by atoms with Crippen LogP contribution in [0.3, 0.4) is 0 Å². The van der Waals surface area contributed by atoms with Gasteiger partial charge >= 0.3 is 0 Å². The Balaban J connectivity index is 1.75. The van der Waals surface area contributed by atoms with Crippen LogP contribution in [0.2, 0.25) is 0 Å². The summed E-state index contributed by atoms with van der Waals surface area (Å²) in [6, 6.07) is 8.05. The number of fused-ring (bicyclic) bond motifs is 3. The van der Waals surface area contributed by atoms with E-state index >= 15 is 0 Å². The van der Waals surface area contributed by atoms with Crippen LogP contribution in [0.25, 0.3) is 21.9 Å². The van der Waals surface area contributed by atoms with Gasteiger partial charge < -0.3 is 13.8 Å². The topological polar surface area (TPSA) is 103 Å². The zero-order valence-corrected chi connectivity index (χ0v) is 16.3. The molecule has 2 atom stereocenters. The Morgan fingerprint density at radius 2 is 2.17 bits per heavy atom. The summed E-state index contributed by atoms with van der Waals surface area (Å²) in [4.78, 5) is 13.8. The largest absolute Gasteiger partial charge is 0.378 e. The summed E-state index contributed by atoms with van der Waals surface area (Å²) in [5.74, 6) is 2.01. The van der Waals surface area contributed by atoms with Crippen molar-refractivity contribution < 1.29 is 9.26 Å². The van der Waals surface area contributed by atoms with E-state index in [2.05, 4.69) is 32.7 Å². The van der Waals surface area contributed by atoms with Crippen LogP contribution < -0.4 is 0 Å². The molecule has 8 heteroatoms. The molecule has 0 spiro atoms. The van der Waals surface area contributed by atoms with E-state index in [-0.39, 0.29) is 12.1 Å². The van der Waals surface area contributed by atoms with Gasteiger partial charge in [0.05, 0.1) is 41.4 Å². The van der Waals surface area contributed by atoms with Crippen LogP contribution in [0, 0.1) is 18.3 Å². The molecular formula is C21H20N6O2. The summed E-state index contributed by atoms with van der Waals surface area (Å²) in [7, 11) is 0. The number of imidazole rings is 1. The van der Waals surface area contributed by atoms with Gasteiger partial charge in [0, 0.05) is 25.0 Å². The SMILES string of the molecule is Cc1nc(Cc2nc3cnc4ccc(C#N)cc4c3n2C2CCO[C@H](C)C2)no1. The average Bonchev–Trinajstić information content (AvgIpc) is 3.30. The summed E-state index contributed by atoms with van der Waals surface area (Å²) < 4.78 is 13.2. The van der Waals surface area contributed by atoms with E-state index in [1.807, 2.05) is 12.1 Å². The van der Waals surface area contributed by atoms with Gasteiger partial charge in [-0.3, -0.25) is 4.98 Å². The molecule has 1 aromatic carbocycles. The molecular weight excluding hydrogens is 368 g/mol. The van der Waals surface area contributed by atoms with Crippen LogP contribution in [0.5, 0.6) is 0 Å². The maximum absolute atomic E-state index is 9.39. The van der Waals surface area contributed by atoms with Crippen molar-refractivity contribution in [1.29, 1.82) is 5.26 Å². The minimum absolute atomic E-state index is 0.175. The Morgan fingerprint density at radius 3 is 2.93 bits per heavy atom. The first kappa shape index (κ1) is 17.8. The standard InChI is InChI=1S/C21H20N6O2/c1-12-7-15(5-6-28-12)27-20(9-19-24-13(2)29-26-19)25-18-11-23-17-4-3-14(10-22)8-16(17)21(18)27/h3-4,8,11-12,15H,5-7,9H2,1-2H3/t12-,15?/m1/s1. The highest BCUT2D eigenvalue weighted by molar-refractivity contribution is 6.02. The normalized spacial score (nSPS) is 19.6. The van der Waals surface area contributed by atoms with E-state index in [1.165, 1.54) is 0 Å². The fourth-order valence-electron chi connectivity index (χ4n) is 4.18. The van der Waals surface area contributed by atoms with Crippen LogP contribution in [0.1, 0.15) is 48.9 Å². The lowest BCUT2D eigenvalue weighted by Gasteiger charge is -2.30. The first-order valence-corrected chi connectivity index (χ1v) is 9.73. The Kier molecular flexibility index (Phi) is 4.25. The van der Waals surface area contributed by atoms with Crippen molar-refractivity contribution in [2.24, 2.45) is 0 Å². The quantitative estimate of drug-likeness (QED) is 0.529. The van der Waals surface area contributed by atoms with Crippen LogP contribution in [0.4, 0.5) is 0 Å². The molecule has 146 valence electrons. The maximum atomic E-state index is 9.39. The Bertz CT molecular complexity index is 1250. The number of hydrogen-bond acceptors (Lipinski definition) is 7. The Morgan fingerprint density at radius 1 is 1.28 bits per heavy atom. The number of aryl methyl sites for hydroxylation is 1. The predicted molar refractivity (Wildman–Crippen MR) is 105 cm³/mol. The van der Waals surface area contributed by atoms with Crippen molar-refractivity contribution >= 4 is 21.9 Å². The molecule has 3 aromatic heterocycles. The molecule has 4 heterocycles. The number of benzene rings is 1. The van der Waals surface area contributed by atoms with Gasteiger partial charge in [0.2, 0.25) is 5.89 Å². The number of pyridine rings is 1. The first-order chi connectivity index (χ1) is 14.1. The van der Waals surface area contributed by atoms with Gasteiger partial charge in [-0.2, -0.15) is 10.2 Å². The number of aromatic nitrogens is 5. The van der Waals surface area contributed by atoms with Crippen LogP contribution in [0.15, 0.2) is 28.9 Å². The van der Waals surface area contributed by atoms with Gasteiger partial charge in [0.25, 0.3) is 0 Å². The molecule has 1 saturated heterocycles. The fourth-order valence-corrected chi connectivity index (χ4v) is 4.18. The third-order valence-electron chi connectivity index (χ3n) is 5.43. The lowest BCUT2D eigenvalue weighted by atomic mass is 10.0. The van der Waals surface area contributed by atoms with Gasteiger partial charge in [-0.05, 0) is 38.0 Å². The first-order valence-electron chi connectivity index (χ1n) is 9.73. The molecule has 0 saturated carbocycles. The van der Waals surface area contributed by atoms with Gasteiger partial charge in [-0.1, -0.05) is 5.16 Å². The molecule has 0 N–H and O–H groups in total. The second-order valence-electron chi connectivity index (χ2n) is 7.50. The van der Waals surface area contributed by atoms with Gasteiger partial charge in [0.15, 0.2) is 5.82 Å². The molecule has 0 radical (unpaired) electrons. The molecule has 1 fully saturated rings. The molecule has 0 aliphatic carbocycles. The van der Waals surface area contributed by atoms with Gasteiger partial charge in [-0.15, -0.1) is 0 Å². The summed E-state index contributed by atoms with van der Waals surface area (Å²) in [5.41, 5.74) is 3.26. The summed E-state index contributed by atoms with van der Waals surface area (Å²) in [6.07, 6.45) is 4.24. The average molecular weight is 388 g/mol. The third kappa shape index (κ3) is 3.13. The number of nitriles is 1. The number of rotatable bonds is 3. The monoisotopic (exact) mass is 388 g/mol. The lowest BCUT2D eigenvalue weighted by molar-refractivity contribution is 0.00630. The minimum Gasteiger partial charge on any atom is -0.378 e. The number of ether oxygens (including phenoxy) is 1. The molecule has 4 aromatic rings. The summed E-state index contributed by atoms with van der Waals surface area (Å²) in [6.45, 7) is 4.58. The van der Waals surface area contributed by atoms with Crippen molar-refractivity contribution in [2.45, 2.75) is 45.3 Å². The van der Waals surface area contributed by atoms with E-state index in [0.29, 0.717) is 30.3 Å². The molecule has 1 unspecified atom stereocenters. The van der Waals surface area contributed by atoms with Crippen LogP contribution in [-0.2, 0) is 11.2 Å². The fraction of sp³-hybridized carbons (Fsp3) is 0.381. The van der Waals surface area contributed by atoms with Crippen LogP contribution in [-0.4, -0.2) is 37.4 Å². The van der Waals surface area contributed by atoms with Crippen LogP contribution >= 0.6 is 0 Å². The molecule has 8 nitrogen and oxygen atoms in total. The van der Waals surface area contributed by atoms with E-state index in [0.717, 1.165) is 40.6 Å². The molecule has 1 aliphatic heterocycles. The van der Waals surface area contributed by atoms with Crippen molar-refractivity contribution in [3.05, 3.63) is 47.5 Å². The van der Waals surface area contributed by atoms with E-state index in [1.54, 1.807) is 19.2 Å². The van der Waals surface area contributed by atoms with Crippen molar-refractivity contribution in [1.82, 2.24) is 24.7 Å². The lowest BCUT2D eigenvalue weighted by Crippen LogP contribution is -2.26. The Labute approximate surface area is 167 Å². The second-order valence-corrected chi connectivity index (χ2v) is 7.50. The highest BCUT2D eigenvalue weighted by Crippen LogP contribution is 2.34. The summed E-state index contributed by atoms with van der Waals surface area (Å²) >= 11 is 0. The maximum Gasteiger partial charge on any atom is 0.223 e. The second kappa shape index (κ2) is 6.94. The third-order valence-corrected chi connectivity index (χ3v) is 5.43. The molecule has 1 aliphatic rings. The van der Waals surface area contributed by atoms with E-state index < -0.39 is 0 Å². The molecule has 29 heavy (non-hydrogen) atoms. The molecule has 5 rings (SSSR count). The smallest absolute Gasteiger partial charge is 0.223 e. The molecule has 0 amide bonds. The predicted octanol–water partition coefficient (Wildman–Crippen LogP) is 3.48. The number of nitrogens with zero attached hydrogens (tertiary/aromatic N) is 6. The zero-order valence-electron chi connectivity index (χ0n) is 16.3. The highest BCUT2D eigenvalue weighted by Gasteiger charge is 2.27. The van der Waals surface area contributed by atoms with E-state index in [4.69, 9.17) is 14.2 Å². The van der Waals surface area contributed by atoms with Crippen molar-refractivity contribution in [3.63, 3.8) is 0 Å². The number of hydrogen-bond donors (Lipinski definition) is 0. The van der Waals surface area contributed by atoms with Crippen molar-refractivity contribution in [3.8, 4) is 6.07 Å². The summed E-state index contributed by atoms with van der Waals surface area (Å²) in [5, 5.41) is 14.4. The highest BCUT2D eigenvalue weighted by atomic mass is 16.5. The Hall–Kier alpha value is -3.31. The molecule has 0 bridgehead atoms. The van der Waals surface area contributed by atoms with E-state index in [9.17, 15) is 5.26 Å². The van der Waals surface area contributed by atoms with Gasteiger partial charge in [0.1, 0.15) is 11.3 Å².